The number of aliphatic hydroxyl groups excluding tert-OH is 1. The Morgan fingerprint density at radius 2 is 2.00 bits per heavy atom. The van der Waals surface area contributed by atoms with Crippen LogP contribution in [0.1, 0.15) is 24.8 Å². The molecule has 8 heteroatoms. The molecule has 29 heavy (non-hydrogen) atoms. The van der Waals surface area contributed by atoms with Gasteiger partial charge in [-0.2, -0.15) is 0 Å². The lowest BCUT2D eigenvalue weighted by Gasteiger charge is -2.30. The molecule has 2 aliphatic rings. The molecule has 3 rings (SSSR count). The summed E-state index contributed by atoms with van der Waals surface area (Å²) in [6, 6.07) is 5.78. The second-order valence-corrected chi connectivity index (χ2v) is 7.80. The van der Waals surface area contributed by atoms with Gasteiger partial charge in [-0.1, -0.05) is 6.07 Å². The zero-order chi connectivity index (χ0) is 20.6. The van der Waals surface area contributed by atoms with Crippen molar-refractivity contribution in [1.29, 1.82) is 0 Å². The van der Waals surface area contributed by atoms with Crippen LogP contribution in [-0.2, 0) is 11.3 Å². The number of hydrogen-bond acceptors (Lipinski definition) is 6. The number of carbonyl (C=O) groups excluding carboxylic acids is 1. The van der Waals surface area contributed by atoms with Crippen molar-refractivity contribution in [2.75, 3.05) is 53.0 Å². The Morgan fingerprint density at radius 1 is 1.21 bits per heavy atom. The van der Waals surface area contributed by atoms with Crippen LogP contribution >= 0.6 is 0 Å². The highest BCUT2D eigenvalue weighted by molar-refractivity contribution is 5.76. The zero-order valence-electron chi connectivity index (χ0n) is 17.1. The minimum absolute atomic E-state index is 0.0986. The summed E-state index contributed by atoms with van der Waals surface area (Å²) in [4.78, 5) is 15.8. The van der Waals surface area contributed by atoms with E-state index in [0.717, 1.165) is 25.2 Å². The van der Waals surface area contributed by atoms with Crippen LogP contribution in [0, 0.1) is 0 Å². The van der Waals surface area contributed by atoms with Gasteiger partial charge < -0.3 is 24.8 Å². The van der Waals surface area contributed by atoms with Gasteiger partial charge in [0.05, 0.1) is 7.11 Å². The first kappa shape index (κ1) is 21.8. The number of amides is 1. The number of likely N-dealkylation sites (tertiary alicyclic amines) is 1. The average Bonchev–Trinajstić information content (AvgIpc) is 2.92. The molecule has 2 heterocycles. The molecule has 1 aromatic carbocycles. The molecule has 1 aromatic rings. The molecule has 0 aromatic heterocycles. The van der Waals surface area contributed by atoms with Crippen LogP contribution < -0.4 is 14.8 Å². The summed E-state index contributed by atoms with van der Waals surface area (Å²) in [5.41, 5.74) is 1.08. The number of rotatable bonds is 8. The maximum Gasteiger partial charge on any atom is 0.221 e. The smallest absolute Gasteiger partial charge is 0.221 e. The third-order valence-corrected chi connectivity index (χ3v) is 5.46. The van der Waals surface area contributed by atoms with Crippen LogP contribution in [0.2, 0.25) is 0 Å². The molecular weight excluding hydrogens is 377 g/mol. The molecule has 0 spiro atoms. The Labute approximate surface area is 171 Å². The highest BCUT2D eigenvalue weighted by Gasteiger charge is 2.21. The lowest BCUT2D eigenvalue weighted by Crippen LogP contribution is -2.41. The van der Waals surface area contributed by atoms with E-state index in [4.69, 9.17) is 9.47 Å². The molecule has 1 amide bonds. The number of piperidine rings is 1. The van der Waals surface area contributed by atoms with Gasteiger partial charge in [-0.3, -0.25) is 9.69 Å². The number of benzene rings is 1. The van der Waals surface area contributed by atoms with Crippen molar-refractivity contribution in [1.82, 2.24) is 15.1 Å². The van der Waals surface area contributed by atoms with Gasteiger partial charge in [-0.15, -0.1) is 0 Å². The van der Waals surface area contributed by atoms with Gasteiger partial charge in [0.1, 0.15) is 18.9 Å². The predicted octanol–water partition coefficient (Wildman–Crippen LogP) is 1.19. The Morgan fingerprint density at radius 3 is 2.76 bits per heavy atom. The summed E-state index contributed by atoms with van der Waals surface area (Å²) < 4.78 is 24.5. The monoisotopic (exact) mass is 409 g/mol. The molecule has 0 radical (unpaired) electrons. The van der Waals surface area contributed by atoms with Gasteiger partial charge in [-0.25, -0.2) is 4.39 Å². The third-order valence-electron chi connectivity index (χ3n) is 5.46. The van der Waals surface area contributed by atoms with E-state index in [1.54, 1.807) is 7.11 Å². The first-order valence-corrected chi connectivity index (χ1v) is 10.4. The lowest BCUT2D eigenvalue weighted by atomic mass is 10.1. The summed E-state index contributed by atoms with van der Waals surface area (Å²) >= 11 is 0. The standard InChI is InChI=1S/C21H32FN3O4/c1-28-20-12-16(13-25-10-6-21(27)23-7-11-25)2-3-19(20)29-15-18(26)14-24-8-4-17(22)5-9-24/h2-3,12,17-18,26H,4-11,13-15H2,1H3,(H,23,27). The van der Waals surface area contributed by atoms with Gasteiger partial charge >= 0.3 is 0 Å². The average molecular weight is 410 g/mol. The molecule has 162 valence electrons. The summed E-state index contributed by atoms with van der Waals surface area (Å²) in [6.45, 7) is 4.94. The molecular formula is C21H32FN3O4. The number of methoxy groups -OCH3 is 1. The normalized spacial score (nSPS) is 20.7. The summed E-state index contributed by atoms with van der Waals surface area (Å²) in [5.74, 6) is 1.31. The molecule has 1 atom stereocenters. The van der Waals surface area contributed by atoms with Crippen LogP contribution in [0.5, 0.6) is 11.5 Å². The number of β-amino-alcohol motifs (C(OH)–C–C–N with tert-alkyl or cyclic N) is 1. The second kappa shape index (κ2) is 10.8. The maximum atomic E-state index is 13.2. The van der Waals surface area contributed by atoms with Crippen molar-refractivity contribution in [2.24, 2.45) is 0 Å². The van der Waals surface area contributed by atoms with Crippen molar-refractivity contribution in [3.8, 4) is 11.5 Å². The fourth-order valence-corrected chi connectivity index (χ4v) is 3.78. The Hall–Kier alpha value is -1.90. The zero-order valence-corrected chi connectivity index (χ0v) is 17.1. The van der Waals surface area contributed by atoms with Gasteiger partial charge in [0.15, 0.2) is 11.5 Å². The number of aliphatic hydroxyl groups is 1. The van der Waals surface area contributed by atoms with Crippen molar-refractivity contribution in [3.05, 3.63) is 23.8 Å². The highest BCUT2D eigenvalue weighted by Crippen LogP contribution is 2.29. The van der Waals surface area contributed by atoms with E-state index in [1.807, 2.05) is 18.2 Å². The molecule has 2 saturated heterocycles. The van der Waals surface area contributed by atoms with E-state index in [9.17, 15) is 14.3 Å². The number of halogens is 1. The minimum atomic E-state index is -0.714. The second-order valence-electron chi connectivity index (χ2n) is 7.80. The van der Waals surface area contributed by atoms with Crippen LogP contribution in [0.4, 0.5) is 4.39 Å². The van der Waals surface area contributed by atoms with Crippen LogP contribution in [0.3, 0.4) is 0 Å². The fraction of sp³-hybridized carbons (Fsp3) is 0.667. The first-order chi connectivity index (χ1) is 14.0. The molecule has 2 N–H and O–H groups in total. The van der Waals surface area contributed by atoms with Crippen LogP contribution in [0.25, 0.3) is 0 Å². The SMILES string of the molecule is COc1cc(CN2CCNC(=O)CC2)ccc1OCC(O)CN1CCC(F)CC1. The number of hydrogen-bond donors (Lipinski definition) is 2. The maximum absolute atomic E-state index is 13.2. The number of nitrogens with one attached hydrogen (secondary N) is 1. The number of carbonyl (C=O) groups is 1. The minimum Gasteiger partial charge on any atom is -0.493 e. The van der Waals surface area contributed by atoms with Crippen molar-refractivity contribution in [2.45, 2.75) is 38.1 Å². The van der Waals surface area contributed by atoms with Crippen molar-refractivity contribution < 1.29 is 23.8 Å². The Bertz CT molecular complexity index is 667. The number of nitrogens with zero attached hydrogens (tertiary/aromatic N) is 2. The third kappa shape index (κ3) is 6.83. The molecule has 1 unspecified atom stereocenters. The van der Waals surface area contributed by atoms with Crippen molar-refractivity contribution >= 4 is 5.91 Å². The van der Waals surface area contributed by atoms with Crippen LogP contribution in [-0.4, -0.2) is 86.1 Å². The summed E-state index contributed by atoms with van der Waals surface area (Å²) in [5, 5.41) is 13.1. The molecule has 2 aliphatic heterocycles. The van der Waals surface area contributed by atoms with Gasteiger partial charge in [0.2, 0.25) is 5.91 Å². The van der Waals surface area contributed by atoms with Gasteiger partial charge in [0.25, 0.3) is 0 Å². The van der Waals surface area contributed by atoms with Gasteiger partial charge in [-0.05, 0) is 30.5 Å². The number of ether oxygens (including phenoxy) is 2. The first-order valence-electron chi connectivity index (χ1n) is 10.4. The van der Waals surface area contributed by atoms with E-state index in [1.165, 1.54) is 0 Å². The Kier molecular flexibility index (Phi) is 8.09. The summed E-state index contributed by atoms with van der Waals surface area (Å²) in [7, 11) is 1.60. The predicted molar refractivity (Wildman–Crippen MR) is 108 cm³/mol. The molecule has 0 aliphatic carbocycles. The van der Waals surface area contributed by atoms with E-state index in [0.29, 0.717) is 56.9 Å². The molecule has 0 bridgehead atoms. The fourth-order valence-electron chi connectivity index (χ4n) is 3.78. The number of alkyl halides is 1. The largest absolute Gasteiger partial charge is 0.493 e. The van der Waals surface area contributed by atoms with E-state index < -0.39 is 12.3 Å². The Balaban J connectivity index is 1.49. The topological polar surface area (TPSA) is 74.3 Å². The van der Waals surface area contributed by atoms with E-state index in [-0.39, 0.29) is 12.5 Å². The molecule has 2 fully saturated rings. The highest BCUT2D eigenvalue weighted by atomic mass is 19.1. The lowest BCUT2D eigenvalue weighted by molar-refractivity contribution is -0.120. The van der Waals surface area contributed by atoms with E-state index in [2.05, 4.69) is 15.1 Å². The van der Waals surface area contributed by atoms with Crippen LogP contribution in [0.15, 0.2) is 18.2 Å². The molecule has 0 saturated carbocycles. The van der Waals surface area contributed by atoms with Crippen molar-refractivity contribution in [3.63, 3.8) is 0 Å². The molecule has 7 nitrogen and oxygen atoms in total. The van der Waals surface area contributed by atoms with Gasteiger partial charge in [0, 0.05) is 52.2 Å². The quantitative estimate of drug-likeness (QED) is 0.672. The summed E-state index contributed by atoms with van der Waals surface area (Å²) in [6.07, 6.45) is 0.221. The van der Waals surface area contributed by atoms with E-state index >= 15 is 0 Å².